The fraction of sp³-hybridized carbons (Fsp3) is 0.167. The summed E-state index contributed by atoms with van der Waals surface area (Å²) >= 11 is 0. The van der Waals surface area contributed by atoms with E-state index in [0.29, 0.717) is 11.2 Å². The van der Waals surface area contributed by atoms with Gasteiger partial charge in [-0.15, -0.1) is 0 Å². The third kappa shape index (κ3) is 3.35. The summed E-state index contributed by atoms with van der Waals surface area (Å²) in [5.41, 5.74) is 5.37. The predicted octanol–water partition coefficient (Wildman–Crippen LogP) is 3.82. The zero-order valence-corrected chi connectivity index (χ0v) is 16.6. The Labute approximate surface area is 173 Å². The second-order valence-electron chi connectivity index (χ2n) is 7.55. The molecule has 2 aromatic rings. The molecule has 0 bridgehead atoms. The maximum Gasteiger partial charge on any atom is 0.255 e. The van der Waals surface area contributed by atoms with Crippen LogP contribution in [0.5, 0.6) is 0 Å². The number of halogens is 1. The number of carbonyl (C=O) groups is 1. The van der Waals surface area contributed by atoms with Gasteiger partial charge >= 0.3 is 0 Å². The summed E-state index contributed by atoms with van der Waals surface area (Å²) in [6.45, 7) is 3.55. The van der Waals surface area contributed by atoms with E-state index in [9.17, 15) is 9.18 Å². The molecule has 3 aliphatic rings. The van der Waals surface area contributed by atoms with Crippen LogP contribution in [0.2, 0.25) is 0 Å². The van der Waals surface area contributed by atoms with Crippen LogP contribution in [0.3, 0.4) is 0 Å². The van der Waals surface area contributed by atoms with Gasteiger partial charge in [-0.1, -0.05) is 24.3 Å². The Morgan fingerprint density at radius 3 is 2.90 bits per heavy atom. The number of amides is 1. The van der Waals surface area contributed by atoms with Crippen molar-refractivity contribution < 1.29 is 9.18 Å². The van der Waals surface area contributed by atoms with E-state index in [0.717, 1.165) is 42.0 Å². The van der Waals surface area contributed by atoms with Crippen molar-refractivity contribution >= 4 is 17.1 Å². The highest BCUT2D eigenvalue weighted by atomic mass is 19.1. The van der Waals surface area contributed by atoms with E-state index in [1.165, 1.54) is 11.6 Å². The summed E-state index contributed by atoms with van der Waals surface area (Å²) in [6, 6.07) is 1.46. The van der Waals surface area contributed by atoms with Crippen LogP contribution in [-0.2, 0) is 4.79 Å². The first-order chi connectivity index (χ1) is 14.6. The molecule has 5 rings (SSSR count). The number of hydrogen-bond acceptors (Lipinski definition) is 3. The van der Waals surface area contributed by atoms with Crippen LogP contribution in [-0.4, -0.2) is 33.3 Å². The standard InChI is InChI=1S/C24H21FN4O/c1-16-13-28-14-20(11-22(25)24(28)27-16)19-5-6-21-4-2-3-18(12-23(30)29(21)15-19)17-7-9-26-10-8-17/h2-7,11-15,26H,8-10H2,1H3/b3-2+,18-12+,21-4?. The van der Waals surface area contributed by atoms with Gasteiger partial charge in [0, 0.05) is 48.0 Å². The number of carbonyl (C=O) groups excluding carboxylic acids is 1. The minimum absolute atomic E-state index is 0.123. The maximum atomic E-state index is 14.5. The number of rotatable bonds is 2. The molecule has 6 heteroatoms. The highest BCUT2D eigenvalue weighted by molar-refractivity contribution is 5.95. The fourth-order valence-corrected chi connectivity index (χ4v) is 3.93. The molecule has 0 aromatic carbocycles. The van der Waals surface area contributed by atoms with Gasteiger partial charge in [0.15, 0.2) is 11.5 Å². The Kier molecular flexibility index (Phi) is 4.56. The lowest BCUT2D eigenvalue weighted by Gasteiger charge is -2.25. The average Bonchev–Trinajstić information content (AvgIpc) is 3.13. The molecule has 0 atom stereocenters. The molecule has 2 aromatic heterocycles. The van der Waals surface area contributed by atoms with Crippen molar-refractivity contribution in [2.24, 2.45) is 0 Å². The van der Waals surface area contributed by atoms with Gasteiger partial charge in [0.05, 0.1) is 5.69 Å². The molecular weight excluding hydrogens is 379 g/mol. The van der Waals surface area contributed by atoms with Crippen LogP contribution in [0.4, 0.5) is 4.39 Å². The lowest BCUT2D eigenvalue weighted by Crippen LogP contribution is -2.26. The first-order valence-corrected chi connectivity index (χ1v) is 9.97. The molecule has 30 heavy (non-hydrogen) atoms. The van der Waals surface area contributed by atoms with Gasteiger partial charge in [0.25, 0.3) is 5.91 Å². The van der Waals surface area contributed by atoms with E-state index >= 15 is 0 Å². The number of aryl methyl sites for hydroxylation is 1. The summed E-state index contributed by atoms with van der Waals surface area (Å²) in [5.74, 6) is -0.514. The molecule has 5 nitrogen and oxygen atoms in total. The second-order valence-corrected chi connectivity index (χ2v) is 7.55. The highest BCUT2D eigenvalue weighted by Crippen LogP contribution is 2.28. The largest absolute Gasteiger partial charge is 0.313 e. The summed E-state index contributed by atoms with van der Waals surface area (Å²) in [6.07, 6.45) is 19.7. The molecule has 0 saturated heterocycles. The van der Waals surface area contributed by atoms with Crippen molar-refractivity contribution in [1.29, 1.82) is 0 Å². The molecule has 0 saturated carbocycles. The maximum absolute atomic E-state index is 14.5. The summed E-state index contributed by atoms with van der Waals surface area (Å²) < 4.78 is 16.2. The van der Waals surface area contributed by atoms with Gasteiger partial charge in [-0.25, -0.2) is 9.37 Å². The zero-order chi connectivity index (χ0) is 20.7. The molecule has 0 spiro atoms. The SMILES string of the molecule is Cc1cn2cc(C3=CN4C(=O)/C=C(C5=CCNCC5)\C=C\C=C4C=C3)cc(F)c2n1. The number of imidazole rings is 1. The van der Waals surface area contributed by atoms with Gasteiger partial charge in [0.1, 0.15) is 0 Å². The van der Waals surface area contributed by atoms with Crippen LogP contribution in [0, 0.1) is 12.7 Å². The van der Waals surface area contributed by atoms with E-state index in [1.54, 1.807) is 27.8 Å². The third-order valence-electron chi connectivity index (χ3n) is 5.43. The van der Waals surface area contributed by atoms with Gasteiger partial charge < -0.3 is 9.72 Å². The van der Waals surface area contributed by atoms with Crippen molar-refractivity contribution in [2.45, 2.75) is 13.3 Å². The number of allylic oxidation sites excluding steroid dienone is 7. The molecule has 0 aliphatic carbocycles. The third-order valence-corrected chi connectivity index (χ3v) is 5.43. The van der Waals surface area contributed by atoms with Crippen molar-refractivity contribution in [3.63, 3.8) is 0 Å². The van der Waals surface area contributed by atoms with Gasteiger partial charge in [0.2, 0.25) is 0 Å². The fourth-order valence-electron chi connectivity index (χ4n) is 3.93. The van der Waals surface area contributed by atoms with Crippen molar-refractivity contribution in [2.75, 3.05) is 13.1 Å². The monoisotopic (exact) mass is 400 g/mol. The number of pyridine rings is 1. The lowest BCUT2D eigenvalue weighted by molar-refractivity contribution is -0.122. The van der Waals surface area contributed by atoms with Crippen molar-refractivity contribution in [1.82, 2.24) is 19.6 Å². The van der Waals surface area contributed by atoms with Crippen LogP contribution in [0.25, 0.3) is 11.2 Å². The van der Waals surface area contributed by atoms with Crippen LogP contribution < -0.4 is 5.32 Å². The van der Waals surface area contributed by atoms with Gasteiger partial charge in [-0.2, -0.15) is 0 Å². The Balaban J connectivity index is 1.53. The minimum atomic E-state index is -0.391. The van der Waals surface area contributed by atoms with Crippen LogP contribution >= 0.6 is 0 Å². The number of aromatic nitrogens is 2. The first-order valence-electron chi connectivity index (χ1n) is 9.97. The predicted molar refractivity (Wildman–Crippen MR) is 115 cm³/mol. The molecule has 3 aliphatic heterocycles. The molecule has 0 radical (unpaired) electrons. The minimum Gasteiger partial charge on any atom is -0.313 e. The molecule has 0 unspecified atom stereocenters. The topological polar surface area (TPSA) is 49.6 Å². The summed E-state index contributed by atoms with van der Waals surface area (Å²) in [5, 5.41) is 3.29. The molecule has 1 N–H and O–H groups in total. The number of fused-ring (bicyclic) bond motifs is 2. The van der Waals surface area contributed by atoms with E-state index in [2.05, 4.69) is 16.4 Å². The van der Waals surface area contributed by atoms with Crippen molar-refractivity contribution in [3.8, 4) is 0 Å². The lowest BCUT2D eigenvalue weighted by atomic mass is 9.97. The Bertz CT molecular complexity index is 1240. The summed E-state index contributed by atoms with van der Waals surface area (Å²) in [7, 11) is 0. The molecule has 5 heterocycles. The average molecular weight is 400 g/mol. The number of nitrogens with one attached hydrogen (secondary N) is 1. The Morgan fingerprint density at radius 1 is 1.17 bits per heavy atom. The van der Waals surface area contributed by atoms with Crippen molar-refractivity contribution in [3.05, 3.63) is 101 Å². The quantitative estimate of drug-likeness (QED) is 0.834. The Morgan fingerprint density at radius 2 is 2.07 bits per heavy atom. The normalized spacial score (nSPS) is 21.8. The van der Waals surface area contributed by atoms with Gasteiger partial charge in [-0.3, -0.25) is 9.69 Å². The van der Waals surface area contributed by atoms with E-state index < -0.39 is 5.82 Å². The second kappa shape index (κ2) is 7.39. The van der Waals surface area contributed by atoms with E-state index in [1.807, 2.05) is 43.5 Å². The first kappa shape index (κ1) is 18.5. The zero-order valence-electron chi connectivity index (χ0n) is 16.6. The molecule has 150 valence electrons. The highest BCUT2D eigenvalue weighted by Gasteiger charge is 2.20. The smallest absolute Gasteiger partial charge is 0.255 e. The number of nitrogens with zero attached hydrogens (tertiary/aromatic N) is 3. The molecule has 0 fully saturated rings. The van der Waals surface area contributed by atoms with Gasteiger partial charge in [-0.05, 0) is 49.3 Å². The van der Waals surface area contributed by atoms with E-state index in [4.69, 9.17) is 0 Å². The summed E-state index contributed by atoms with van der Waals surface area (Å²) in [4.78, 5) is 18.9. The van der Waals surface area contributed by atoms with E-state index in [-0.39, 0.29) is 5.91 Å². The number of hydrogen-bond donors (Lipinski definition) is 1. The van der Waals surface area contributed by atoms with Crippen LogP contribution in [0.1, 0.15) is 17.7 Å². The molecular formula is C24H21FN4O. The molecule has 1 amide bonds. The van der Waals surface area contributed by atoms with Crippen LogP contribution in [0.15, 0.2) is 84.0 Å². The Hall–Kier alpha value is -3.51.